The normalized spacial score (nSPS) is 13.4. The maximum absolute atomic E-state index is 12.5. The molecule has 0 spiro atoms. The van der Waals surface area contributed by atoms with Crippen LogP contribution in [0.25, 0.3) is 0 Å². The molecule has 146 valence electrons. The molecule has 2 aromatic rings. The second kappa shape index (κ2) is 7.61. The standard InChI is InChI=1S/C18H17N3O5S2/c1-26-18(23)21-8-7-13-14(9-19)17(27-15(13)10-21)20-16(22)11-3-5-12(6-4-11)28(2,24)25/h3-6H,7-8,10H2,1-2H3,(H,20,22). The minimum absolute atomic E-state index is 0.122. The highest BCUT2D eigenvalue weighted by atomic mass is 32.2. The number of fused-ring (bicyclic) bond motifs is 1. The lowest BCUT2D eigenvalue weighted by Gasteiger charge is -2.25. The summed E-state index contributed by atoms with van der Waals surface area (Å²) in [7, 11) is -2.03. The van der Waals surface area contributed by atoms with Gasteiger partial charge < -0.3 is 15.0 Å². The highest BCUT2D eigenvalue weighted by molar-refractivity contribution is 7.90. The molecule has 3 rings (SSSR count). The zero-order chi connectivity index (χ0) is 20.5. The summed E-state index contributed by atoms with van der Waals surface area (Å²) in [6.07, 6.45) is 1.16. The Labute approximate surface area is 166 Å². The molecule has 1 aliphatic heterocycles. The molecule has 10 heteroatoms. The zero-order valence-corrected chi connectivity index (χ0v) is 16.8. The van der Waals surface area contributed by atoms with E-state index in [4.69, 9.17) is 4.74 Å². The smallest absolute Gasteiger partial charge is 0.409 e. The molecule has 2 heterocycles. The van der Waals surface area contributed by atoms with E-state index in [2.05, 4.69) is 11.4 Å². The van der Waals surface area contributed by atoms with Crippen molar-refractivity contribution in [1.82, 2.24) is 4.90 Å². The maximum Gasteiger partial charge on any atom is 0.409 e. The Hall–Kier alpha value is -2.90. The lowest BCUT2D eigenvalue weighted by molar-refractivity contribution is 0.102. The number of nitrogens with one attached hydrogen (secondary N) is 1. The lowest BCUT2D eigenvalue weighted by atomic mass is 10.0. The van der Waals surface area contributed by atoms with Gasteiger partial charge in [0.15, 0.2) is 9.84 Å². The number of thiophene rings is 1. The Balaban J connectivity index is 1.83. The zero-order valence-electron chi connectivity index (χ0n) is 15.2. The Bertz CT molecular complexity index is 1080. The van der Waals surface area contributed by atoms with Crippen LogP contribution >= 0.6 is 11.3 Å². The largest absolute Gasteiger partial charge is 0.453 e. The summed E-state index contributed by atoms with van der Waals surface area (Å²) < 4.78 is 27.8. The van der Waals surface area contributed by atoms with Gasteiger partial charge in [-0.25, -0.2) is 13.2 Å². The molecule has 0 bridgehead atoms. The molecule has 28 heavy (non-hydrogen) atoms. The van der Waals surface area contributed by atoms with Crippen molar-refractivity contribution >= 4 is 38.2 Å². The molecular weight excluding hydrogens is 402 g/mol. The number of ether oxygens (including phenoxy) is 1. The van der Waals surface area contributed by atoms with E-state index in [1.165, 1.54) is 47.6 Å². The van der Waals surface area contributed by atoms with Gasteiger partial charge in [-0.05, 0) is 36.2 Å². The molecule has 0 fully saturated rings. The monoisotopic (exact) mass is 419 g/mol. The molecule has 0 unspecified atom stereocenters. The third-order valence-corrected chi connectivity index (χ3v) is 6.63. The number of carbonyl (C=O) groups excluding carboxylic acids is 2. The van der Waals surface area contributed by atoms with Gasteiger partial charge in [0.1, 0.15) is 11.1 Å². The minimum atomic E-state index is -3.35. The van der Waals surface area contributed by atoms with Crippen LogP contribution in [0.3, 0.4) is 0 Å². The number of hydrogen-bond donors (Lipinski definition) is 1. The third-order valence-electron chi connectivity index (χ3n) is 4.37. The summed E-state index contributed by atoms with van der Waals surface area (Å²) in [5.41, 5.74) is 1.50. The van der Waals surface area contributed by atoms with Crippen LogP contribution in [0.5, 0.6) is 0 Å². The average molecular weight is 419 g/mol. The average Bonchev–Trinajstić information content (AvgIpc) is 3.02. The van der Waals surface area contributed by atoms with Gasteiger partial charge >= 0.3 is 6.09 Å². The molecule has 0 saturated carbocycles. The third kappa shape index (κ3) is 3.85. The van der Waals surface area contributed by atoms with Crippen LogP contribution in [-0.2, 0) is 27.5 Å². The van der Waals surface area contributed by atoms with Gasteiger partial charge in [-0.1, -0.05) is 0 Å². The Morgan fingerprint density at radius 3 is 2.54 bits per heavy atom. The van der Waals surface area contributed by atoms with Crippen molar-refractivity contribution in [2.24, 2.45) is 0 Å². The summed E-state index contributed by atoms with van der Waals surface area (Å²) in [5, 5.41) is 12.7. The van der Waals surface area contributed by atoms with Crippen LogP contribution in [0.1, 0.15) is 26.4 Å². The minimum Gasteiger partial charge on any atom is -0.453 e. The van der Waals surface area contributed by atoms with Crippen LogP contribution in [0.4, 0.5) is 9.80 Å². The molecule has 0 saturated heterocycles. The first-order valence-corrected chi connectivity index (χ1v) is 10.9. The van der Waals surface area contributed by atoms with Crippen molar-refractivity contribution in [2.45, 2.75) is 17.9 Å². The molecule has 0 atom stereocenters. The molecule has 1 aromatic heterocycles. The molecule has 1 N–H and O–H groups in total. The number of hydrogen-bond acceptors (Lipinski definition) is 7. The number of carbonyl (C=O) groups is 2. The summed E-state index contributed by atoms with van der Waals surface area (Å²) in [6, 6.07) is 7.70. The molecule has 2 amide bonds. The number of methoxy groups -OCH3 is 1. The Morgan fingerprint density at radius 2 is 1.96 bits per heavy atom. The first-order valence-electron chi connectivity index (χ1n) is 8.23. The molecule has 0 radical (unpaired) electrons. The van der Waals surface area contributed by atoms with Gasteiger partial charge in [0.05, 0.1) is 24.1 Å². The number of nitriles is 1. The van der Waals surface area contributed by atoms with Crippen molar-refractivity contribution in [3.8, 4) is 6.07 Å². The Morgan fingerprint density at radius 1 is 1.29 bits per heavy atom. The summed E-state index contributed by atoms with van der Waals surface area (Å²) in [4.78, 5) is 26.7. The molecule has 0 aliphatic carbocycles. The van der Waals surface area contributed by atoms with E-state index in [0.29, 0.717) is 30.1 Å². The van der Waals surface area contributed by atoms with Gasteiger partial charge in [-0.15, -0.1) is 11.3 Å². The topological polar surface area (TPSA) is 117 Å². The first kappa shape index (κ1) is 19.9. The van der Waals surface area contributed by atoms with Crippen molar-refractivity contribution in [3.05, 3.63) is 45.8 Å². The van der Waals surface area contributed by atoms with E-state index < -0.39 is 21.8 Å². The van der Waals surface area contributed by atoms with Gasteiger partial charge in [0.2, 0.25) is 0 Å². The summed E-state index contributed by atoms with van der Waals surface area (Å²) in [6.45, 7) is 0.756. The van der Waals surface area contributed by atoms with E-state index in [-0.39, 0.29) is 10.5 Å². The second-order valence-electron chi connectivity index (χ2n) is 6.21. The second-order valence-corrected chi connectivity index (χ2v) is 9.33. The van der Waals surface area contributed by atoms with E-state index in [0.717, 1.165) is 16.7 Å². The number of rotatable bonds is 3. The fourth-order valence-corrected chi connectivity index (χ4v) is 4.76. The highest BCUT2D eigenvalue weighted by Gasteiger charge is 2.28. The van der Waals surface area contributed by atoms with Gasteiger partial charge in [0.25, 0.3) is 5.91 Å². The predicted octanol–water partition coefficient (Wildman–Crippen LogP) is 2.40. The van der Waals surface area contributed by atoms with Crippen molar-refractivity contribution in [1.29, 1.82) is 5.26 Å². The number of sulfone groups is 1. The van der Waals surface area contributed by atoms with Crippen molar-refractivity contribution in [3.63, 3.8) is 0 Å². The molecule has 1 aromatic carbocycles. The number of amides is 2. The van der Waals surface area contributed by atoms with Gasteiger partial charge in [-0.3, -0.25) is 4.79 Å². The van der Waals surface area contributed by atoms with Crippen LogP contribution in [0, 0.1) is 11.3 Å². The molecule has 1 aliphatic rings. The fraction of sp³-hybridized carbons (Fsp3) is 0.278. The lowest BCUT2D eigenvalue weighted by Crippen LogP contribution is -2.35. The van der Waals surface area contributed by atoms with Crippen LogP contribution < -0.4 is 5.32 Å². The van der Waals surface area contributed by atoms with Crippen molar-refractivity contribution in [2.75, 3.05) is 25.2 Å². The van der Waals surface area contributed by atoms with E-state index in [9.17, 15) is 23.3 Å². The number of anilines is 1. The number of benzene rings is 1. The SMILES string of the molecule is COC(=O)N1CCc2c(sc(NC(=O)c3ccc(S(C)(=O)=O)cc3)c2C#N)C1. The first-order chi connectivity index (χ1) is 13.2. The molecule has 8 nitrogen and oxygen atoms in total. The van der Waals surface area contributed by atoms with E-state index in [1.54, 1.807) is 0 Å². The number of nitrogens with zero attached hydrogens (tertiary/aromatic N) is 2. The predicted molar refractivity (Wildman–Crippen MR) is 103 cm³/mol. The maximum atomic E-state index is 12.5. The summed E-state index contributed by atoms with van der Waals surface area (Å²) >= 11 is 1.25. The summed E-state index contributed by atoms with van der Waals surface area (Å²) in [5.74, 6) is -0.444. The van der Waals surface area contributed by atoms with E-state index in [1.807, 2.05) is 0 Å². The quantitative estimate of drug-likeness (QED) is 0.816. The van der Waals surface area contributed by atoms with E-state index >= 15 is 0 Å². The van der Waals surface area contributed by atoms with Gasteiger partial charge in [0, 0.05) is 23.2 Å². The fourth-order valence-electron chi connectivity index (χ4n) is 2.92. The van der Waals surface area contributed by atoms with Crippen LogP contribution in [0.2, 0.25) is 0 Å². The van der Waals surface area contributed by atoms with Crippen molar-refractivity contribution < 1.29 is 22.7 Å². The van der Waals surface area contributed by atoms with Crippen LogP contribution in [0.15, 0.2) is 29.2 Å². The Kier molecular flexibility index (Phi) is 5.40. The molecular formula is C18H17N3O5S2. The van der Waals surface area contributed by atoms with Gasteiger partial charge in [-0.2, -0.15) is 5.26 Å². The van der Waals surface area contributed by atoms with Crippen LogP contribution in [-0.4, -0.2) is 45.2 Å². The highest BCUT2D eigenvalue weighted by Crippen LogP contribution is 2.37.